The molecule has 47 heavy (non-hydrogen) atoms. The highest BCUT2D eigenvalue weighted by molar-refractivity contribution is 7.27. The molecule has 0 aliphatic rings. The van der Waals surface area contributed by atoms with Crippen LogP contribution in [0.2, 0.25) is 0 Å². The number of fused-ring (bicyclic) bond motifs is 11. The van der Waals surface area contributed by atoms with Crippen LogP contribution in [-0.2, 0) is 0 Å². The quantitative estimate of drug-likeness (QED) is 0.185. The van der Waals surface area contributed by atoms with Crippen LogP contribution in [0.15, 0.2) is 158 Å². The molecule has 10 aromatic rings. The van der Waals surface area contributed by atoms with Gasteiger partial charge in [0.2, 0.25) is 0 Å². The van der Waals surface area contributed by atoms with Gasteiger partial charge in [0.1, 0.15) is 0 Å². The first-order valence-corrected chi connectivity index (χ1v) is 16.7. The van der Waals surface area contributed by atoms with Crippen molar-refractivity contribution in [3.63, 3.8) is 0 Å². The van der Waals surface area contributed by atoms with E-state index in [0.717, 1.165) is 39.1 Å². The van der Waals surface area contributed by atoms with Gasteiger partial charge in [-0.2, -0.15) is 0 Å². The van der Waals surface area contributed by atoms with Gasteiger partial charge < -0.3 is 0 Å². The maximum Gasteiger partial charge on any atom is 0.160 e. The molecule has 8 aromatic carbocycles. The van der Waals surface area contributed by atoms with Crippen molar-refractivity contribution in [2.45, 2.75) is 0 Å². The Kier molecular flexibility index (Phi) is 5.78. The highest BCUT2D eigenvalue weighted by Gasteiger charge is 2.17. The second-order valence-corrected chi connectivity index (χ2v) is 13.2. The number of nitrogens with zero attached hydrogens (tertiary/aromatic N) is 2. The molecule has 0 radical (unpaired) electrons. The third-order valence-electron chi connectivity index (χ3n) is 9.43. The average Bonchev–Trinajstić information content (AvgIpc) is 3.55. The molecule has 0 saturated heterocycles. The lowest BCUT2D eigenvalue weighted by molar-refractivity contribution is 1.23. The minimum Gasteiger partial charge on any atom is -0.228 e. The van der Waals surface area contributed by atoms with Crippen molar-refractivity contribution < 1.29 is 0 Å². The molecule has 0 N–H and O–H groups in total. The molecule has 2 heterocycles. The summed E-state index contributed by atoms with van der Waals surface area (Å²) in [6.07, 6.45) is 0. The van der Waals surface area contributed by atoms with Gasteiger partial charge in [-0.05, 0) is 62.3 Å². The fraction of sp³-hybridized carbons (Fsp3) is 0. The summed E-state index contributed by atoms with van der Waals surface area (Å²) in [7, 11) is 0. The zero-order chi connectivity index (χ0) is 30.9. The summed E-state index contributed by atoms with van der Waals surface area (Å²) in [5.41, 5.74) is 6.30. The normalized spacial score (nSPS) is 11.8. The molecule has 0 saturated carbocycles. The Morgan fingerprint density at radius 1 is 0.383 bits per heavy atom. The summed E-state index contributed by atoms with van der Waals surface area (Å²) in [5.74, 6) is 0.738. The SMILES string of the molecule is c1ccc(-c2nc(-c3ccccc3)c3cc(-c4ccc5c(ccc6c5c5ccccc5c5sc7ccccc7c65)c4)ccc3n2)cc1. The first-order valence-electron chi connectivity index (χ1n) is 15.9. The predicted octanol–water partition coefficient (Wildman–Crippen LogP) is 12.5. The van der Waals surface area contributed by atoms with E-state index < -0.39 is 0 Å². The van der Waals surface area contributed by atoms with Crippen LogP contribution in [0.1, 0.15) is 0 Å². The molecule has 218 valence electrons. The molecule has 0 fully saturated rings. The van der Waals surface area contributed by atoms with Crippen LogP contribution in [0.25, 0.3) is 97.2 Å². The number of hydrogen-bond acceptors (Lipinski definition) is 3. The molecule has 3 heteroatoms. The molecular formula is C44H26N2S. The summed E-state index contributed by atoms with van der Waals surface area (Å²) in [5, 5.41) is 11.5. The van der Waals surface area contributed by atoms with Crippen LogP contribution in [0.5, 0.6) is 0 Å². The second-order valence-electron chi connectivity index (χ2n) is 12.1. The number of hydrogen-bond donors (Lipinski definition) is 0. The maximum absolute atomic E-state index is 5.12. The Balaban J connectivity index is 1.19. The van der Waals surface area contributed by atoms with E-state index in [0.29, 0.717) is 0 Å². The summed E-state index contributed by atoms with van der Waals surface area (Å²) in [6.45, 7) is 0. The summed E-state index contributed by atoms with van der Waals surface area (Å²) in [6, 6.07) is 56.5. The van der Waals surface area contributed by atoms with E-state index in [1.54, 1.807) is 0 Å². The molecule has 0 unspecified atom stereocenters. The third kappa shape index (κ3) is 4.10. The van der Waals surface area contributed by atoms with E-state index in [1.807, 2.05) is 35.6 Å². The topological polar surface area (TPSA) is 25.8 Å². The number of benzene rings is 8. The minimum absolute atomic E-state index is 0.738. The molecule has 0 bridgehead atoms. The van der Waals surface area contributed by atoms with Crippen molar-refractivity contribution in [3.8, 4) is 33.8 Å². The van der Waals surface area contributed by atoms with E-state index in [2.05, 4.69) is 133 Å². The standard InChI is InChI=1S/C44H26N2S/c1-3-11-27(12-4-1)42-37-26-30(21-24-38(37)45-44(46-42)28-13-5-2-6-14-28)29-19-22-32-31(25-29)20-23-36-40(32)33-15-7-8-16-34(33)43-41(36)35-17-9-10-18-39(35)47-43/h1-26H. The minimum atomic E-state index is 0.738. The highest BCUT2D eigenvalue weighted by Crippen LogP contribution is 2.46. The van der Waals surface area contributed by atoms with Crippen LogP contribution in [0.3, 0.4) is 0 Å². The molecule has 0 amide bonds. The van der Waals surface area contributed by atoms with Gasteiger partial charge in [0.05, 0.1) is 11.2 Å². The first-order chi connectivity index (χ1) is 23.3. The van der Waals surface area contributed by atoms with Crippen molar-refractivity contribution in [1.29, 1.82) is 0 Å². The van der Waals surface area contributed by atoms with Crippen LogP contribution in [0.4, 0.5) is 0 Å². The van der Waals surface area contributed by atoms with E-state index >= 15 is 0 Å². The van der Waals surface area contributed by atoms with E-state index in [4.69, 9.17) is 9.97 Å². The van der Waals surface area contributed by atoms with Crippen LogP contribution in [0, 0.1) is 0 Å². The Hall–Kier alpha value is -5.90. The molecule has 0 atom stereocenters. The van der Waals surface area contributed by atoms with Crippen molar-refractivity contribution in [1.82, 2.24) is 9.97 Å². The Morgan fingerprint density at radius 2 is 1.04 bits per heavy atom. The summed E-state index contributed by atoms with van der Waals surface area (Å²) >= 11 is 1.90. The fourth-order valence-electron chi connectivity index (χ4n) is 7.25. The molecule has 10 rings (SSSR count). The smallest absolute Gasteiger partial charge is 0.160 e. The molecule has 0 aliphatic heterocycles. The average molecular weight is 615 g/mol. The summed E-state index contributed by atoms with van der Waals surface area (Å²) in [4.78, 5) is 10.1. The third-order valence-corrected chi connectivity index (χ3v) is 10.6. The van der Waals surface area contributed by atoms with Gasteiger partial charge in [0.25, 0.3) is 0 Å². The number of aromatic nitrogens is 2. The maximum atomic E-state index is 5.12. The second kappa shape index (κ2) is 10.3. The largest absolute Gasteiger partial charge is 0.228 e. The zero-order valence-corrected chi connectivity index (χ0v) is 26.1. The lowest BCUT2D eigenvalue weighted by atomic mass is 9.91. The Bertz CT molecular complexity index is 2840. The van der Waals surface area contributed by atoms with Gasteiger partial charge in [-0.15, -0.1) is 11.3 Å². The van der Waals surface area contributed by atoms with Gasteiger partial charge in [-0.1, -0.05) is 133 Å². The Morgan fingerprint density at radius 3 is 1.87 bits per heavy atom. The molecular weight excluding hydrogens is 589 g/mol. The molecule has 2 nitrogen and oxygen atoms in total. The van der Waals surface area contributed by atoms with Crippen molar-refractivity contribution in [2.24, 2.45) is 0 Å². The molecule has 0 aliphatic carbocycles. The summed E-state index contributed by atoms with van der Waals surface area (Å²) < 4.78 is 2.70. The molecule has 2 aromatic heterocycles. The highest BCUT2D eigenvalue weighted by atomic mass is 32.1. The van der Waals surface area contributed by atoms with E-state index in [-0.39, 0.29) is 0 Å². The van der Waals surface area contributed by atoms with Gasteiger partial charge in [-0.25, -0.2) is 9.97 Å². The Labute approximate surface area is 275 Å². The van der Waals surface area contributed by atoms with Crippen molar-refractivity contribution in [3.05, 3.63) is 158 Å². The zero-order valence-electron chi connectivity index (χ0n) is 25.3. The van der Waals surface area contributed by atoms with Gasteiger partial charge in [0, 0.05) is 42.1 Å². The number of thiophene rings is 1. The predicted molar refractivity (Wildman–Crippen MR) is 201 cm³/mol. The van der Waals surface area contributed by atoms with Crippen molar-refractivity contribution in [2.75, 3.05) is 0 Å². The van der Waals surface area contributed by atoms with Crippen molar-refractivity contribution >= 4 is 74.7 Å². The van der Waals surface area contributed by atoms with Gasteiger partial charge >= 0.3 is 0 Å². The van der Waals surface area contributed by atoms with Crippen LogP contribution in [-0.4, -0.2) is 9.97 Å². The fourth-order valence-corrected chi connectivity index (χ4v) is 8.51. The monoisotopic (exact) mass is 614 g/mol. The van der Waals surface area contributed by atoms with Gasteiger partial charge in [-0.3, -0.25) is 0 Å². The first kappa shape index (κ1) is 26.3. The lowest BCUT2D eigenvalue weighted by Gasteiger charge is -2.13. The van der Waals surface area contributed by atoms with E-state index in [9.17, 15) is 0 Å². The number of rotatable bonds is 3. The van der Waals surface area contributed by atoms with Crippen LogP contribution < -0.4 is 0 Å². The van der Waals surface area contributed by atoms with Crippen LogP contribution >= 0.6 is 11.3 Å². The molecule has 0 spiro atoms. The van der Waals surface area contributed by atoms with E-state index in [1.165, 1.54) is 58.1 Å². The lowest BCUT2D eigenvalue weighted by Crippen LogP contribution is -1.95. The van der Waals surface area contributed by atoms with Gasteiger partial charge in [0.15, 0.2) is 5.82 Å².